The van der Waals surface area contributed by atoms with Crippen molar-refractivity contribution in [2.24, 2.45) is 0 Å². The van der Waals surface area contributed by atoms with Gasteiger partial charge in [-0.05, 0) is 36.2 Å². The average molecular weight is 381 g/mol. The number of rotatable bonds is 5. The van der Waals surface area contributed by atoms with Gasteiger partial charge < -0.3 is 10.1 Å². The molecule has 0 saturated carbocycles. The predicted molar refractivity (Wildman–Crippen MR) is 102 cm³/mol. The lowest BCUT2D eigenvalue weighted by Crippen LogP contribution is -2.21. The highest BCUT2D eigenvalue weighted by Gasteiger charge is 2.16. The van der Waals surface area contributed by atoms with E-state index in [4.69, 9.17) is 4.74 Å². The van der Waals surface area contributed by atoms with Crippen molar-refractivity contribution in [2.45, 2.75) is 6.92 Å². The van der Waals surface area contributed by atoms with Crippen LogP contribution >= 0.6 is 0 Å². The molecule has 0 saturated heterocycles. The summed E-state index contributed by atoms with van der Waals surface area (Å²) < 4.78 is 31.5. The molecule has 1 amide bonds. The number of nitrogens with one attached hydrogen (secondary N) is 1. The fourth-order valence-corrected chi connectivity index (χ4v) is 2.63. The SMILES string of the molecule is Cc1ccc(-c2ccccc2C(=O)OCC(=O)Nc2ccc(F)cc2F)cc1. The van der Waals surface area contributed by atoms with E-state index in [0.717, 1.165) is 23.3 Å². The summed E-state index contributed by atoms with van der Waals surface area (Å²) in [6.45, 7) is 1.37. The zero-order chi connectivity index (χ0) is 20.1. The first-order valence-corrected chi connectivity index (χ1v) is 8.52. The second-order valence-corrected chi connectivity index (χ2v) is 6.16. The summed E-state index contributed by atoms with van der Waals surface area (Å²) in [5.41, 5.74) is 2.73. The van der Waals surface area contributed by atoms with Gasteiger partial charge in [-0.15, -0.1) is 0 Å². The number of carbonyl (C=O) groups is 2. The molecule has 0 heterocycles. The third kappa shape index (κ3) is 4.59. The van der Waals surface area contributed by atoms with E-state index in [1.165, 1.54) is 0 Å². The minimum atomic E-state index is -0.913. The summed E-state index contributed by atoms with van der Waals surface area (Å²) in [5.74, 6) is -3.07. The number of ether oxygens (including phenoxy) is 1. The van der Waals surface area contributed by atoms with Crippen molar-refractivity contribution in [3.63, 3.8) is 0 Å². The molecule has 0 aliphatic heterocycles. The van der Waals surface area contributed by atoms with Crippen molar-refractivity contribution in [3.8, 4) is 11.1 Å². The standard InChI is InChI=1S/C22H17F2NO3/c1-14-6-8-15(9-7-14)17-4-2-3-5-18(17)22(27)28-13-21(26)25-20-11-10-16(23)12-19(20)24/h2-12H,13H2,1H3,(H,25,26). The average Bonchev–Trinajstić information content (AvgIpc) is 2.69. The van der Waals surface area contributed by atoms with Gasteiger partial charge >= 0.3 is 5.97 Å². The summed E-state index contributed by atoms with van der Waals surface area (Å²) >= 11 is 0. The van der Waals surface area contributed by atoms with Gasteiger partial charge in [0.15, 0.2) is 6.61 Å². The Labute approximate surface area is 160 Å². The maximum atomic E-state index is 13.6. The van der Waals surface area contributed by atoms with Crippen molar-refractivity contribution in [1.29, 1.82) is 0 Å². The smallest absolute Gasteiger partial charge is 0.339 e. The van der Waals surface area contributed by atoms with Gasteiger partial charge in [0.05, 0.1) is 11.3 Å². The van der Waals surface area contributed by atoms with Crippen LogP contribution in [0.2, 0.25) is 0 Å². The number of benzene rings is 3. The second kappa shape index (κ2) is 8.43. The highest BCUT2D eigenvalue weighted by molar-refractivity contribution is 5.99. The fraction of sp³-hybridized carbons (Fsp3) is 0.0909. The van der Waals surface area contributed by atoms with E-state index in [1.807, 2.05) is 31.2 Å². The molecule has 0 radical (unpaired) electrons. The van der Waals surface area contributed by atoms with Crippen LogP contribution in [0.1, 0.15) is 15.9 Å². The van der Waals surface area contributed by atoms with Gasteiger partial charge in [0.25, 0.3) is 5.91 Å². The van der Waals surface area contributed by atoms with E-state index in [9.17, 15) is 18.4 Å². The Morgan fingerprint density at radius 1 is 0.964 bits per heavy atom. The molecule has 0 aromatic heterocycles. The third-order valence-electron chi connectivity index (χ3n) is 4.05. The minimum absolute atomic E-state index is 0.192. The number of hydrogen-bond donors (Lipinski definition) is 1. The van der Waals surface area contributed by atoms with Crippen molar-refractivity contribution >= 4 is 17.6 Å². The van der Waals surface area contributed by atoms with Crippen LogP contribution in [-0.2, 0) is 9.53 Å². The Kier molecular flexibility index (Phi) is 5.79. The van der Waals surface area contributed by atoms with E-state index in [0.29, 0.717) is 17.2 Å². The molecule has 3 aromatic carbocycles. The van der Waals surface area contributed by atoms with Crippen LogP contribution in [0.4, 0.5) is 14.5 Å². The monoisotopic (exact) mass is 381 g/mol. The molecule has 0 aliphatic rings. The summed E-state index contributed by atoms with van der Waals surface area (Å²) in [4.78, 5) is 24.4. The molecule has 3 aromatic rings. The number of halogens is 2. The van der Waals surface area contributed by atoms with Crippen LogP contribution in [0.15, 0.2) is 66.7 Å². The zero-order valence-electron chi connectivity index (χ0n) is 15.0. The molecule has 28 heavy (non-hydrogen) atoms. The minimum Gasteiger partial charge on any atom is -0.452 e. The maximum absolute atomic E-state index is 13.6. The van der Waals surface area contributed by atoms with Gasteiger partial charge in [0.2, 0.25) is 0 Å². The first kappa shape index (κ1) is 19.2. The third-order valence-corrected chi connectivity index (χ3v) is 4.05. The molecular formula is C22H17F2NO3. The Bertz CT molecular complexity index is 1020. The van der Waals surface area contributed by atoms with Crippen LogP contribution in [0.3, 0.4) is 0 Å². The van der Waals surface area contributed by atoms with Crippen LogP contribution < -0.4 is 5.32 Å². The number of carbonyl (C=O) groups excluding carboxylic acids is 2. The molecular weight excluding hydrogens is 364 g/mol. The van der Waals surface area contributed by atoms with E-state index >= 15 is 0 Å². The number of aryl methyl sites for hydroxylation is 1. The van der Waals surface area contributed by atoms with Crippen molar-refractivity contribution in [2.75, 3.05) is 11.9 Å². The largest absolute Gasteiger partial charge is 0.452 e. The van der Waals surface area contributed by atoms with Crippen molar-refractivity contribution < 1.29 is 23.1 Å². The topological polar surface area (TPSA) is 55.4 Å². The van der Waals surface area contributed by atoms with Crippen LogP contribution in [0.5, 0.6) is 0 Å². The Morgan fingerprint density at radius 2 is 1.68 bits per heavy atom. The van der Waals surface area contributed by atoms with Gasteiger partial charge in [0.1, 0.15) is 11.6 Å². The Balaban J connectivity index is 1.68. The van der Waals surface area contributed by atoms with Crippen molar-refractivity contribution in [3.05, 3.63) is 89.5 Å². The molecule has 6 heteroatoms. The number of esters is 1. The number of hydrogen-bond acceptors (Lipinski definition) is 3. The lowest BCUT2D eigenvalue weighted by Gasteiger charge is -2.11. The van der Waals surface area contributed by atoms with Gasteiger partial charge in [-0.1, -0.05) is 48.0 Å². The quantitative estimate of drug-likeness (QED) is 0.650. The van der Waals surface area contributed by atoms with Gasteiger partial charge in [-0.3, -0.25) is 4.79 Å². The lowest BCUT2D eigenvalue weighted by molar-refractivity contribution is -0.119. The maximum Gasteiger partial charge on any atom is 0.339 e. The molecule has 0 unspecified atom stereocenters. The molecule has 1 N–H and O–H groups in total. The second-order valence-electron chi connectivity index (χ2n) is 6.16. The molecule has 142 valence electrons. The molecule has 0 aliphatic carbocycles. The Morgan fingerprint density at radius 3 is 2.39 bits per heavy atom. The highest BCUT2D eigenvalue weighted by Crippen LogP contribution is 2.24. The lowest BCUT2D eigenvalue weighted by atomic mass is 9.99. The normalized spacial score (nSPS) is 10.4. The molecule has 0 bridgehead atoms. The molecule has 0 atom stereocenters. The van der Waals surface area contributed by atoms with E-state index in [-0.39, 0.29) is 5.69 Å². The van der Waals surface area contributed by atoms with E-state index in [1.54, 1.807) is 24.3 Å². The highest BCUT2D eigenvalue weighted by atomic mass is 19.1. The van der Waals surface area contributed by atoms with E-state index < -0.39 is 30.1 Å². The first-order chi connectivity index (χ1) is 13.4. The Hall–Kier alpha value is -3.54. The summed E-state index contributed by atoms with van der Waals surface area (Å²) in [7, 11) is 0. The van der Waals surface area contributed by atoms with Crippen LogP contribution in [-0.4, -0.2) is 18.5 Å². The van der Waals surface area contributed by atoms with Crippen molar-refractivity contribution in [1.82, 2.24) is 0 Å². The zero-order valence-corrected chi connectivity index (χ0v) is 15.0. The van der Waals surface area contributed by atoms with Gasteiger partial charge in [0, 0.05) is 6.07 Å². The summed E-state index contributed by atoms with van der Waals surface area (Å²) in [6, 6.07) is 17.3. The van der Waals surface area contributed by atoms with Gasteiger partial charge in [-0.2, -0.15) is 0 Å². The number of anilines is 1. The first-order valence-electron chi connectivity index (χ1n) is 8.52. The predicted octanol–water partition coefficient (Wildman–Crippen LogP) is 4.74. The summed E-state index contributed by atoms with van der Waals surface area (Å²) in [5, 5.41) is 2.24. The van der Waals surface area contributed by atoms with Gasteiger partial charge in [-0.25, -0.2) is 13.6 Å². The van der Waals surface area contributed by atoms with E-state index in [2.05, 4.69) is 5.32 Å². The molecule has 0 spiro atoms. The van der Waals surface area contributed by atoms with Crippen LogP contribution in [0.25, 0.3) is 11.1 Å². The molecule has 4 nitrogen and oxygen atoms in total. The number of amides is 1. The van der Waals surface area contributed by atoms with Crippen LogP contribution in [0, 0.1) is 18.6 Å². The molecule has 3 rings (SSSR count). The summed E-state index contributed by atoms with van der Waals surface area (Å²) in [6.07, 6.45) is 0. The molecule has 0 fully saturated rings. The fourth-order valence-electron chi connectivity index (χ4n) is 2.63.